The van der Waals surface area contributed by atoms with Crippen LogP contribution in [0.3, 0.4) is 0 Å². The molecule has 1 saturated heterocycles. The summed E-state index contributed by atoms with van der Waals surface area (Å²) in [6, 6.07) is 16.5. The van der Waals surface area contributed by atoms with Crippen LogP contribution in [0.2, 0.25) is 0 Å². The summed E-state index contributed by atoms with van der Waals surface area (Å²) in [5.41, 5.74) is 4.48. The molecule has 0 bridgehead atoms. The van der Waals surface area contributed by atoms with Gasteiger partial charge in [0, 0.05) is 10.9 Å². The van der Waals surface area contributed by atoms with Gasteiger partial charge in [-0.1, -0.05) is 17.7 Å². The quantitative estimate of drug-likeness (QED) is 0.691. The predicted molar refractivity (Wildman–Crippen MR) is 109 cm³/mol. The molecule has 1 fully saturated rings. The van der Waals surface area contributed by atoms with Crippen molar-refractivity contribution in [2.75, 3.05) is 38.4 Å². The maximum absolute atomic E-state index is 5.55. The van der Waals surface area contributed by atoms with Gasteiger partial charge in [-0.15, -0.1) is 11.3 Å². The first kappa shape index (κ1) is 17.8. The minimum atomic E-state index is 0.731. The van der Waals surface area contributed by atoms with Gasteiger partial charge >= 0.3 is 0 Å². The number of nitrogens with zero attached hydrogens (tertiary/aromatic N) is 3. The average molecular weight is 382 g/mol. The standard InChI is InChI=1S/C21H23N3O2S/c1-16-3-7-18(8-4-16)22-21-24(23-11-13-26-14-12-23)20(15-27-21)17-5-9-19(25-2)10-6-17/h3-10,15H,11-14H2,1-2H3. The van der Waals surface area contributed by atoms with Crippen molar-refractivity contribution in [2.45, 2.75) is 6.92 Å². The van der Waals surface area contributed by atoms with Crippen LogP contribution in [0.15, 0.2) is 58.9 Å². The molecule has 0 radical (unpaired) electrons. The van der Waals surface area contributed by atoms with Crippen LogP contribution in [0.4, 0.5) is 5.69 Å². The van der Waals surface area contributed by atoms with E-state index in [1.807, 2.05) is 12.1 Å². The monoisotopic (exact) mass is 381 g/mol. The zero-order valence-electron chi connectivity index (χ0n) is 15.6. The van der Waals surface area contributed by atoms with Crippen LogP contribution < -0.4 is 14.5 Å². The van der Waals surface area contributed by atoms with E-state index in [1.165, 1.54) is 5.56 Å². The lowest BCUT2D eigenvalue weighted by molar-refractivity contribution is 0.111. The van der Waals surface area contributed by atoms with Crippen LogP contribution in [0.25, 0.3) is 11.3 Å². The number of benzene rings is 2. The predicted octanol–water partition coefficient (Wildman–Crippen LogP) is 3.73. The van der Waals surface area contributed by atoms with E-state index in [0.29, 0.717) is 0 Å². The molecule has 0 N–H and O–H groups in total. The number of thiazole rings is 1. The van der Waals surface area contributed by atoms with Crippen molar-refractivity contribution in [3.8, 4) is 17.0 Å². The van der Waals surface area contributed by atoms with Gasteiger partial charge in [0.05, 0.1) is 44.8 Å². The van der Waals surface area contributed by atoms with Gasteiger partial charge in [0.15, 0.2) is 0 Å². The fourth-order valence-corrected chi connectivity index (χ4v) is 4.02. The van der Waals surface area contributed by atoms with Crippen molar-refractivity contribution in [3.63, 3.8) is 0 Å². The van der Waals surface area contributed by atoms with Crippen LogP contribution in [0, 0.1) is 6.92 Å². The van der Waals surface area contributed by atoms with Gasteiger partial charge in [-0.25, -0.2) is 9.67 Å². The molecule has 27 heavy (non-hydrogen) atoms. The Morgan fingerprint density at radius 3 is 2.37 bits per heavy atom. The molecular formula is C21H23N3O2S. The smallest absolute Gasteiger partial charge is 0.209 e. The lowest BCUT2D eigenvalue weighted by Crippen LogP contribution is -2.48. The zero-order chi connectivity index (χ0) is 18.6. The number of rotatable bonds is 4. The molecule has 1 aliphatic heterocycles. The molecule has 5 nitrogen and oxygen atoms in total. The lowest BCUT2D eigenvalue weighted by atomic mass is 10.2. The van der Waals surface area contributed by atoms with Gasteiger partial charge < -0.3 is 14.5 Å². The maximum Gasteiger partial charge on any atom is 0.209 e. The Bertz CT molecular complexity index is 952. The summed E-state index contributed by atoms with van der Waals surface area (Å²) in [6.07, 6.45) is 0. The molecule has 4 rings (SSSR count). The Morgan fingerprint density at radius 1 is 1.00 bits per heavy atom. The highest BCUT2D eigenvalue weighted by Crippen LogP contribution is 2.24. The van der Waals surface area contributed by atoms with E-state index < -0.39 is 0 Å². The van der Waals surface area contributed by atoms with Crippen LogP contribution in [0.5, 0.6) is 5.75 Å². The number of ether oxygens (including phenoxy) is 2. The molecule has 0 atom stereocenters. The second-order valence-corrected chi connectivity index (χ2v) is 7.29. The Balaban J connectivity index is 1.81. The third-order valence-electron chi connectivity index (χ3n) is 4.60. The molecule has 0 aliphatic carbocycles. The number of hydrogen-bond donors (Lipinski definition) is 0. The molecule has 140 valence electrons. The zero-order valence-corrected chi connectivity index (χ0v) is 16.4. The Hall–Kier alpha value is -2.57. The Morgan fingerprint density at radius 2 is 1.70 bits per heavy atom. The Kier molecular flexibility index (Phi) is 5.27. The SMILES string of the molecule is COc1ccc(-c2csc(=Nc3ccc(C)cc3)n2N2CCOCC2)cc1. The van der Waals surface area contributed by atoms with E-state index in [9.17, 15) is 0 Å². The second kappa shape index (κ2) is 7.98. The van der Waals surface area contributed by atoms with Crippen LogP contribution in [-0.4, -0.2) is 38.1 Å². The van der Waals surface area contributed by atoms with Gasteiger partial charge in [0.1, 0.15) is 5.75 Å². The first-order valence-corrected chi connectivity index (χ1v) is 9.92. The highest BCUT2D eigenvalue weighted by molar-refractivity contribution is 7.07. The van der Waals surface area contributed by atoms with Gasteiger partial charge in [-0.3, -0.25) is 0 Å². The van der Waals surface area contributed by atoms with Gasteiger partial charge in [0.25, 0.3) is 0 Å². The summed E-state index contributed by atoms with van der Waals surface area (Å²) >= 11 is 1.66. The van der Waals surface area contributed by atoms with E-state index in [-0.39, 0.29) is 0 Å². The van der Waals surface area contributed by atoms with Gasteiger partial charge in [-0.2, -0.15) is 0 Å². The number of methoxy groups -OCH3 is 1. The number of hydrogen-bond acceptors (Lipinski definition) is 5. The molecule has 3 aromatic rings. The summed E-state index contributed by atoms with van der Waals surface area (Å²) in [6.45, 7) is 5.25. The van der Waals surface area contributed by atoms with E-state index in [2.05, 4.69) is 58.4 Å². The molecule has 2 aromatic carbocycles. The Labute approximate surface area is 163 Å². The van der Waals surface area contributed by atoms with Gasteiger partial charge in [0.2, 0.25) is 4.80 Å². The highest BCUT2D eigenvalue weighted by Gasteiger charge is 2.17. The fourth-order valence-electron chi connectivity index (χ4n) is 3.09. The normalized spacial score (nSPS) is 15.2. The van der Waals surface area contributed by atoms with Crippen molar-refractivity contribution < 1.29 is 9.47 Å². The topological polar surface area (TPSA) is 39.0 Å². The maximum atomic E-state index is 5.55. The van der Waals surface area contributed by atoms with Crippen molar-refractivity contribution >= 4 is 17.0 Å². The van der Waals surface area contributed by atoms with Crippen molar-refractivity contribution in [1.29, 1.82) is 0 Å². The molecule has 0 amide bonds. The largest absolute Gasteiger partial charge is 0.497 e. The molecule has 1 aromatic heterocycles. The van der Waals surface area contributed by atoms with E-state index in [0.717, 1.165) is 53.8 Å². The summed E-state index contributed by atoms with van der Waals surface area (Å²) in [5.74, 6) is 0.858. The van der Waals surface area contributed by atoms with Crippen molar-refractivity contribution in [1.82, 2.24) is 4.68 Å². The second-order valence-electron chi connectivity index (χ2n) is 6.46. The van der Waals surface area contributed by atoms with Crippen molar-refractivity contribution in [3.05, 3.63) is 64.3 Å². The number of aryl methyl sites for hydroxylation is 1. The van der Waals surface area contributed by atoms with E-state index in [1.54, 1.807) is 18.4 Å². The summed E-state index contributed by atoms with van der Waals surface area (Å²) in [5, 5.41) is 4.48. The minimum absolute atomic E-state index is 0.731. The van der Waals surface area contributed by atoms with Crippen LogP contribution >= 0.6 is 11.3 Å². The average Bonchev–Trinajstić information content (AvgIpc) is 3.14. The number of morpholine rings is 1. The molecule has 0 unspecified atom stereocenters. The summed E-state index contributed by atoms with van der Waals surface area (Å²) in [7, 11) is 1.69. The highest BCUT2D eigenvalue weighted by atomic mass is 32.1. The molecule has 0 saturated carbocycles. The van der Waals surface area contributed by atoms with Crippen molar-refractivity contribution in [2.24, 2.45) is 4.99 Å². The first-order chi connectivity index (χ1) is 13.2. The molecule has 2 heterocycles. The lowest BCUT2D eigenvalue weighted by Gasteiger charge is -2.31. The minimum Gasteiger partial charge on any atom is -0.497 e. The number of aromatic nitrogens is 1. The summed E-state index contributed by atoms with van der Waals surface area (Å²) < 4.78 is 13.1. The third kappa shape index (κ3) is 3.91. The third-order valence-corrected chi connectivity index (χ3v) is 5.42. The molecule has 1 aliphatic rings. The van der Waals surface area contributed by atoms with Gasteiger partial charge in [-0.05, 0) is 43.3 Å². The van der Waals surface area contributed by atoms with Crippen LogP contribution in [-0.2, 0) is 4.74 Å². The first-order valence-electron chi connectivity index (χ1n) is 9.04. The van der Waals surface area contributed by atoms with Crippen LogP contribution in [0.1, 0.15) is 5.56 Å². The fraction of sp³-hybridized carbons (Fsp3) is 0.286. The van der Waals surface area contributed by atoms with E-state index >= 15 is 0 Å². The molecule has 6 heteroatoms. The van der Waals surface area contributed by atoms with E-state index in [4.69, 9.17) is 14.5 Å². The summed E-state index contributed by atoms with van der Waals surface area (Å²) in [4.78, 5) is 5.88. The molecular weight excluding hydrogens is 358 g/mol. The molecule has 0 spiro atoms.